The van der Waals surface area contributed by atoms with Gasteiger partial charge in [-0.15, -0.1) is 11.3 Å². The third kappa shape index (κ3) is 3.70. The van der Waals surface area contributed by atoms with Gasteiger partial charge >= 0.3 is 6.18 Å². The first-order valence-corrected chi connectivity index (χ1v) is 7.93. The van der Waals surface area contributed by atoms with Gasteiger partial charge in [0, 0.05) is 36.5 Å². The largest absolute Gasteiger partial charge is 0.416 e. The summed E-state index contributed by atoms with van der Waals surface area (Å²) in [7, 11) is 0. The van der Waals surface area contributed by atoms with E-state index in [1.165, 1.54) is 6.07 Å². The molecule has 2 heterocycles. The fraction of sp³-hybridized carbons (Fsp3) is 0.333. The molecule has 23 heavy (non-hydrogen) atoms. The highest BCUT2D eigenvalue weighted by molar-refractivity contribution is 7.13. The van der Waals surface area contributed by atoms with Gasteiger partial charge in [0.15, 0.2) is 0 Å². The van der Waals surface area contributed by atoms with E-state index in [1.54, 1.807) is 11.4 Å². The zero-order chi connectivity index (χ0) is 16.4. The van der Waals surface area contributed by atoms with Crippen molar-refractivity contribution in [2.75, 3.05) is 19.6 Å². The SMILES string of the molecule is O=C(NCC1CNC1)c1csc(-c2cccc(C(F)(F)F)c2)n1. The van der Waals surface area contributed by atoms with Crippen LogP contribution in [0.15, 0.2) is 29.6 Å². The number of alkyl halides is 3. The maximum Gasteiger partial charge on any atom is 0.416 e. The summed E-state index contributed by atoms with van der Waals surface area (Å²) in [5.74, 6) is 0.131. The molecule has 1 aliphatic heterocycles. The molecule has 8 heteroatoms. The molecule has 1 aromatic carbocycles. The minimum Gasteiger partial charge on any atom is -0.350 e. The third-order valence-electron chi connectivity index (χ3n) is 3.59. The maximum absolute atomic E-state index is 12.7. The van der Waals surface area contributed by atoms with Crippen LogP contribution in [0, 0.1) is 5.92 Å². The van der Waals surface area contributed by atoms with Gasteiger partial charge < -0.3 is 10.6 Å². The molecule has 2 aromatic rings. The molecular formula is C15H14F3N3OS. The smallest absolute Gasteiger partial charge is 0.350 e. The minimum atomic E-state index is -4.40. The highest BCUT2D eigenvalue weighted by atomic mass is 32.1. The number of hydrogen-bond acceptors (Lipinski definition) is 4. The number of rotatable bonds is 4. The average Bonchev–Trinajstić information content (AvgIpc) is 2.94. The lowest BCUT2D eigenvalue weighted by Gasteiger charge is -2.26. The first kappa shape index (κ1) is 15.9. The van der Waals surface area contributed by atoms with E-state index in [1.807, 2.05) is 0 Å². The fourth-order valence-corrected chi connectivity index (χ4v) is 2.96. The molecule has 0 saturated carbocycles. The van der Waals surface area contributed by atoms with Crippen molar-refractivity contribution in [3.63, 3.8) is 0 Å². The molecule has 1 aromatic heterocycles. The minimum absolute atomic E-state index is 0.231. The molecule has 0 spiro atoms. The molecule has 1 aliphatic rings. The van der Waals surface area contributed by atoms with Gasteiger partial charge in [0.25, 0.3) is 5.91 Å². The molecule has 1 fully saturated rings. The first-order valence-electron chi connectivity index (χ1n) is 7.05. The predicted octanol–water partition coefficient (Wildman–Crippen LogP) is 2.78. The molecule has 3 rings (SSSR count). The van der Waals surface area contributed by atoms with E-state index in [-0.39, 0.29) is 11.6 Å². The summed E-state index contributed by atoms with van der Waals surface area (Å²) in [6.45, 7) is 2.34. The van der Waals surface area contributed by atoms with E-state index < -0.39 is 11.7 Å². The number of hydrogen-bond donors (Lipinski definition) is 2. The zero-order valence-corrected chi connectivity index (χ0v) is 12.8. The summed E-state index contributed by atoms with van der Waals surface area (Å²) < 4.78 is 38.2. The molecule has 0 radical (unpaired) electrons. The van der Waals surface area contributed by atoms with Crippen molar-refractivity contribution < 1.29 is 18.0 Å². The highest BCUT2D eigenvalue weighted by Gasteiger charge is 2.30. The number of amides is 1. The molecule has 1 amide bonds. The van der Waals surface area contributed by atoms with Crippen LogP contribution in [0.3, 0.4) is 0 Å². The first-order chi connectivity index (χ1) is 10.9. The van der Waals surface area contributed by atoms with Crippen LogP contribution >= 0.6 is 11.3 Å². The van der Waals surface area contributed by atoms with Crippen LogP contribution in [0.2, 0.25) is 0 Å². The number of benzene rings is 1. The Bertz CT molecular complexity index is 710. The Hall–Kier alpha value is -1.93. The number of nitrogens with zero attached hydrogens (tertiary/aromatic N) is 1. The van der Waals surface area contributed by atoms with Crippen molar-refractivity contribution in [3.8, 4) is 10.6 Å². The van der Waals surface area contributed by atoms with Gasteiger partial charge in [-0.25, -0.2) is 4.98 Å². The van der Waals surface area contributed by atoms with Gasteiger partial charge in [0.1, 0.15) is 10.7 Å². The van der Waals surface area contributed by atoms with Gasteiger partial charge in [-0.3, -0.25) is 4.79 Å². The van der Waals surface area contributed by atoms with Crippen LogP contribution in [0.1, 0.15) is 16.1 Å². The van der Waals surface area contributed by atoms with Crippen LogP contribution in [-0.4, -0.2) is 30.5 Å². The zero-order valence-electron chi connectivity index (χ0n) is 12.0. The summed E-state index contributed by atoms with van der Waals surface area (Å²) in [6.07, 6.45) is -4.40. The lowest BCUT2D eigenvalue weighted by molar-refractivity contribution is -0.137. The van der Waals surface area contributed by atoms with Crippen molar-refractivity contribution in [3.05, 3.63) is 40.9 Å². The number of aromatic nitrogens is 1. The van der Waals surface area contributed by atoms with Crippen LogP contribution in [-0.2, 0) is 6.18 Å². The summed E-state index contributed by atoms with van der Waals surface area (Å²) in [4.78, 5) is 16.1. The van der Waals surface area contributed by atoms with Gasteiger partial charge in [0.2, 0.25) is 0 Å². The lowest BCUT2D eigenvalue weighted by atomic mass is 10.0. The Labute approximate surface area is 134 Å². The molecule has 0 bridgehead atoms. The molecule has 0 atom stereocenters. The van der Waals surface area contributed by atoms with Crippen LogP contribution < -0.4 is 10.6 Å². The van der Waals surface area contributed by atoms with Crippen molar-refractivity contribution in [2.45, 2.75) is 6.18 Å². The topological polar surface area (TPSA) is 54.0 Å². The van der Waals surface area contributed by atoms with Crippen molar-refractivity contribution in [2.24, 2.45) is 5.92 Å². The number of carbonyl (C=O) groups is 1. The number of carbonyl (C=O) groups excluding carboxylic acids is 1. The van der Waals surface area contributed by atoms with Crippen molar-refractivity contribution in [1.82, 2.24) is 15.6 Å². The van der Waals surface area contributed by atoms with Gasteiger partial charge in [-0.1, -0.05) is 12.1 Å². The Balaban J connectivity index is 1.72. The monoisotopic (exact) mass is 341 g/mol. The molecule has 0 unspecified atom stereocenters. The predicted molar refractivity (Wildman–Crippen MR) is 81.2 cm³/mol. The second-order valence-electron chi connectivity index (χ2n) is 5.35. The quantitative estimate of drug-likeness (QED) is 0.899. The molecule has 4 nitrogen and oxygen atoms in total. The van der Waals surface area contributed by atoms with E-state index in [4.69, 9.17) is 0 Å². The molecule has 0 aliphatic carbocycles. The van der Waals surface area contributed by atoms with Crippen LogP contribution in [0.5, 0.6) is 0 Å². The second kappa shape index (κ2) is 6.29. The fourth-order valence-electron chi connectivity index (χ4n) is 2.16. The Morgan fingerprint density at radius 3 is 2.83 bits per heavy atom. The Morgan fingerprint density at radius 1 is 1.39 bits per heavy atom. The Morgan fingerprint density at radius 2 is 2.17 bits per heavy atom. The van der Waals surface area contributed by atoms with Gasteiger partial charge in [-0.05, 0) is 12.1 Å². The number of thiazole rings is 1. The van der Waals surface area contributed by atoms with E-state index in [0.717, 1.165) is 36.6 Å². The summed E-state index contributed by atoms with van der Waals surface area (Å²) in [5, 5.41) is 7.85. The lowest BCUT2D eigenvalue weighted by Crippen LogP contribution is -2.48. The highest BCUT2D eigenvalue weighted by Crippen LogP contribution is 2.33. The normalized spacial score (nSPS) is 15.3. The van der Waals surface area contributed by atoms with Crippen molar-refractivity contribution >= 4 is 17.2 Å². The molecule has 2 N–H and O–H groups in total. The third-order valence-corrected chi connectivity index (χ3v) is 4.48. The standard InChI is InChI=1S/C15H14F3N3OS/c16-15(17,18)11-3-1-2-10(4-11)14-21-12(8-23-14)13(22)20-7-9-5-19-6-9/h1-4,8-9,19H,5-7H2,(H,20,22). The van der Waals surface area contributed by atoms with E-state index in [9.17, 15) is 18.0 Å². The van der Waals surface area contributed by atoms with E-state index in [0.29, 0.717) is 23.0 Å². The van der Waals surface area contributed by atoms with Gasteiger partial charge in [-0.2, -0.15) is 13.2 Å². The van der Waals surface area contributed by atoms with E-state index in [2.05, 4.69) is 15.6 Å². The van der Waals surface area contributed by atoms with Gasteiger partial charge in [0.05, 0.1) is 5.56 Å². The maximum atomic E-state index is 12.7. The average molecular weight is 341 g/mol. The number of nitrogens with one attached hydrogen (secondary N) is 2. The Kier molecular flexibility index (Phi) is 4.36. The summed E-state index contributed by atoms with van der Waals surface area (Å²) in [5.41, 5.74) is -0.143. The second-order valence-corrected chi connectivity index (χ2v) is 6.21. The molecule has 122 valence electrons. The molecule has 1 saturated heterocycles. The van der Waals surface area contributed by atoms with E-state index >= 15 is 0 Å². The summed E-state index contributed by atoms with van der Waals surface area (Å²) in [6, 6.07) is 4.94. The summed E-state index contributed by atoms with van der Waals surface area (Å²) >= 11 is 1.15. The van der Waals surface area contributed by atoms with Crippen LogP contribution in [0.4, 0.5) is 13.2 Å². The molecular weight excluding hydrogens is 327 g/mol. The van der Waals surface area contributed by atoms with Crippen molar-refractivity contribution in [1.29, 1.82) is 0 Å². The number of halogens is 3. The van der Waals surface area contributed by atoms with Crippen LogP contribution in [0.25, 0.3) is 10.6 Å².